The number of carbonyl (C=O) groups is 1. The molecule has 138 valence electrons. The predicted molar refractivity (Wildman–Crippen MR) is 104 cm³/mol. The van der Waals surface area contributed by atoms with Crippen LogP contribution < -0.4 is 4.90 Å². The van der Waals surface area contributed by atoms with E-state index in [4.69, 9.17) is 10.8 Å². The first-order valence-electron chi connectivity index (χ1n) is 8.88. The van der Waals surface area contributed by atoms with Gasteiger partial charge >= 0.3 is 0 Å². The zero-order valence-corrected chi connectivity index (χ0v) is 15.3. The maximum absolute atomic E-state index is 12.8. The molecule has 4 rings (SSSR count). The van der Waals surface area contributed by atoms with Gasteiger partial charge in [0, 0.05) is 43.0 Å². The van der Waals surface area contributed by atoms with Crippen LogP contribution in [0, 0.1) is 30.6 Å². The molecule has 2 aromatic heterocycles. The Hall–Kier alpha value is -3.84. The molecule has 0 N–H and O–H groups in total. The first kappa shape index (κ1) is 17.6. The van der Waals surface area contributed by atoms with Crippen molar-refractivity contribution in [2.24, 2.45) is 0 Å². The van der Waals surface area contributed by atoms with Gasteiger partial charge in [-0.15, -0.1) is 6.42 Å². The van der Waals surface area contributed by atoms with Crippen molar-refractivity contribution >= 4 is 23.2 Å². The molecule has 3 heterocycles. The summed E-state index contributed by atoms with van der Waals surface area (Å²) in [6, 6.07) is 11.2. The second-order valence-corrected chi connectivity index (χ2v) is 6.57. The lowest BCUT2D eigenvalue weighted by Crippen LogP contribution is -2.49. The van der Waals surface area contributed by atoms with Gasteiger partial charge in [-0.2, -0.15) is 10.2 Å². The Bertz CT molecular complexity index is 1140. The molecule has 28 heavy (non-hydrogen) atoms. The van der Waals surface area contributed by atoms with Crippen molar-refractivity contribution in [1.82, 2.24) is 14.9 Å². The lowest BCUT2D eigenvalue weighted by Gasteiger charge is -2.33. The summed E-state index contributed by atoms with van der Waals surface area (Å²) < 4.78 is 5.79. The number of terminal acetylenes is 1. The normalized spacial score (nSPS) is 14.0. The Balaban J connectivity index is 1.47. The Kier molecular flexibility index (Phi) is 4.42. The van der Waals surface area contributed by atoms with Crippen LogP contribution in [0.15, 0.2) is 34.7 Å². The number of fused-ring (bicyclic) bond motifs is 1. The van der Waals surface area contributed by atoms with Crippen molar-refractivity contribution in [2.75, 3.05) is 31.1 Å². The van der Waals surface area contributed by atoms with Crippen LogP contribution in [-0.2, 0) is 0 Å². The van der Waals surface area contributed by atoms with Crippen LogP contribution in [0.2, 0.25) is 0 Å². The number of hydrogen-bond acceptors (Lipinski definition) is 6. The largest absolute Gasteiger partial charge is 0.422 e. The van der Waals surface area contributed by atoms with Gasteiger partial charge in [0.1, 0.15) is 6.07 Å². The number of oxazole rings is 1. The first-order valence-corrected chi connectivity index (χ1v) is 8.88. The molecule has 0 unspecified atom stereocenters. The van der Waals surface area contributed by atoms with Crippen LogP contribution in [0.3, 0.4) is 0 Å². The number of hydrogen-bond donors (Lipinski definition) is 0. The number of aromatic nitrogens is 2. The number of carbonyl (C=O) groups excluding carboxylic acids is 1. The first-order chi connectivity index (χ1) is 13.6. The van der Waals surface area contributed by atoms with Gasteiger partial charge in [0.2, 0.25) is 5.65 Å². The summed E-state index contributed by atoms with van der Waals surface area (Å²) in [6.07, 6.45) is 5.38. The van der Waals surface area contributed by atoms with Crippen LogP contribution in [0.1, 0.15) is 27.2 Å². The molecular weight excluding hydrogens is 354 g/mol. The van der Waals surface area contributed by atoms with Gasteiger partial charge in [-0.25, -0.2) is 4.98 Å². The third kappa shape index (κ3) is 3.15. The summed E-state index contributed by atoms with van der Waals surface area (Å²) >= 11 is 0. The molecule has 7 heteroatoms. The number of amides is 1. The van der Waals surface area contributed by atoms with E-state index in [1.165, 1.54) is 0 Å². The number of rotatable bonds is 2. The summed E-state index contributed by atoms with van der Waals surface area (Å²) in [4.78, 5) is 25.4. The van der Waals surface area contributed by atoms with Crippen molar-refractivity contribution in [3.8, 4) is 18.4 Å². The van der Waals surface area contributed by atoms with Gasteiger partial charge < -0.3 is 14.2 Å². The van der Waals surface area contributed by atoms with Crippen LogP contribution in [0.4, 0.5) is 6.01 Å². The molecular formula is C21H17N5O2. The monoisotopic (exact) mass is 371 g/mol. The zero-order valence-electron chi connectivity index (χ0n) is 15.3. The second-order valence-electron chi connectivity index (χ2n) is 6.57. The van der Waals surface area contributed by atoms with E-state index in [1.807, 2.05) is 30.0 Å². The number of nitriles is 1. The maximum atomic E-state index is 12.8. The quantitative estimate of drug-likeness (QED) is 0.643. The molecule has 0 radical (unpaired) electrons. The van der Waals surface area contributed by atoms with E-state index >= 15 is 0 Å². The number of nitrogens with zero attached hydrogens (tertiary/aromatic N) is 5. The predicted octanol–water partition coefficient (Wildman–Crippen LogP) is 2.35. The molecule has 1 aromatic carbocycles. The lowest BCUT2D eigenvalue weighted by atomic mass is 10.0. The molecule has 0 spiro atoms. The summed E-state index contributed by atoms with van der Waals surface area (Å²) in [7, 11) is 0. The fourth-order valence-electron chi connectivity index (χ4n) is 3.22. The highest BCUT2D eigenvalue weighted by atomic mass is 16.4. The lowest BCUT2D eigenvalue weighted by molar-refractivity contribution is 0.0745. The molecule has 0 bridgehead atoms. The van der Waals surface area contributed by atoms with Gasteiger partial charge in [-0.1, -0.05) is 5.92 Å². The van der Waals surface area contributed by atoms with Gasteiger partial charge in [0.15, 0.2) is 5.58 Å². The molecule has 7 nitrogen and oxygen atoms in total. The van der Waals surface area contributed by atoms with E-state index < -0.39 is 0 Å². The third-order valence-electron chi connectivity index (χ3n) is 4.76. The fraction of sp³-hybridized carbons (Fsp3) is 0.238. The average molecular weight is 371 g/mol. The number of pyridine rings is 1. The summed E-state index contributed by atoms with van der Waals surface area (Å²) in [5.41, 5.74) is 3.41. The summed E-state index contributed by atoms with van der Waals surface area (Å²) in [5, 5.41) is 9.20. The Morgan fingerprint density at radius 1 is 1.14 bits per heavy atom. The number of piperazine rings is 1. The SMILES string of the molecule is C#Cc1ccc(C(=O)N2CCN(c3nc4nc(C)ccc4o3)CC2)cc1C#N. The van der Waals surface area contributed by atoms with Gasteiger partial charge in [0.25, 0.3) is 11.9 Å². The van der Waals surface area contributed by atoms with Gasteiger partial charge in [-0.05, 0) is 37.3 Å². The molecule has 1 aliphatic heterocycles. The van der Waals surface area contributed by atoms with E-state index in [1.54, 1.807) is 23.1 Å². The molecule has 1 fully saturated rings. The minimum atomic E-state index is -0.116. The maximum Gasteiger partial charge on any atom is 0.300 e. The van der Waals surface area contributed by atoms with Crippen molar-refractivity contribution < 1.29 is 9.21 Å². The molecule has 1 aliphatic rings. The third-order valence-corrected chi connectivity index (χ3v) is 4.76. The van der Waals surface area contributed by atoms with Crippen molar-refractivity contribution in [2.45, 2.75) is 6.92 Å². The zero-order chi connectivity index (χ0) is 19.7. The summed E-state index contributed by atoms with van der Waals surface area (Å²) in [6.45, 7) is 4.17. The molecule has 3 aromatic rings. The Labute approximate surface area is 162 Å². The van der Waals surface area contributed by atoms with Gasteiger partial charge in [-0.3, -0.25) is 4.79 Å². The average Bonchev–Trinajstić information content (AvgIpc) is 3.16. The number of aryl methyl sites for hydroxylation is 1. The van der Waals surface area contributed by atoms with Crippen LogP contribution in [0.25, 0.3) is 11.2 Å². The minimum absolute atomic E-state index is 0.116. The Morgan fingerprint density at radius 3 is 2.64 bits per heavy atom. The number of benzene rings is 1. The summed E-state index contributed by atoms with van der Waals surface area (Å²) in [5.74, 6) is 2.34. The smallest absolute Gasteiger partial charge is 0.300 e. The van der Waals surface area contributed by atoms with Crippen molar-refractivity contribution in [3.05, 3.63) is 52.7 Å². The molecule has 0 saturated carbocycles. The standard InChI is InChI=1S/C21H17N5O2/c1-3-15-5-6-16(12-17(15)13-22)20(27)25-8-10-26(11-9-25)21-24-19-18(28-21)7-4-14(2)23-19/h1,4-7,12H,8-11H2,2H3. The Morgan fingerprint density at radius 2 is 1.93 bits per heavy atom. The topological polar surface area (TPSA) is 86.3 Å². The molecule has 0 atom stereocenters. The fourth-order valence-corrected chi connectivity index (χ4v) is 3.22. The van der Waals surface area contributed by atoms with Crippen molar-refractivity contribution in [1.29, 1.82) is 5.26 Å². The van der Waals surface area contributed by atoms with E-state index in [2.05, 4.69) is 15.9 Å². The van der Waals surface area contributed by atoms with E-state index in [9.17, 15) is 10.1 Å². The molecule has 1 amide bonds. The van der Waals surface area contributed by atoms with Crippen LogP contribution in [-0.4, -0.2) is 47.0 Å². The second kappa shape index (κ2) is 7.05. The van der Waals surface area contributed by atoms with Crippen LogP contribution in [0.5, 0.6) is 0 Å². The van der Waals surface area contributed by atoms with Gasteiger partial charge in [0.05, 0.1) is 5.56 Å². The highest BCUT2D eigenvalue weighted by molar-refractivity contribution is 5.95. The van der Waals surface area contributed by atoms with E-state index in [-0.39, 0.29) is 5.91 Å². The van der Waals surface area contributed by atoms with Crippen molar-refractivity contribution in [3.63, 3.8) is 0 Å². The number of anilines is 1. The molecule has 1 saturated heterocycles. The minimum Gasteiger partial charge on any atom is -0.422 e. The highest BCUT2D eigenvalue weighted by Gasteiger charge is 2.25. The van der Waals surface area contributed by atoms with E-state index in [0.717, 1.165) is 5.69 Å². The van der Waals surface area contributed by atoms with Crippen LogP contribution >= 0.6 is 0 Å². The van der Waals surface area contributed by atoms with E-state index in [0.29, 0.717) is 60.1 Å². The molecule has 0 aliphatic carbocycles. The highest BCUT2D eigenvalue weighted by Crippen LogP contribution is 2.22.